The summed E-state index contributed by atoms with van der Waals surface area (Å²) >= 11 is 0. The van der Waals surface area contributed by atoms with Gasteiger partial charge in [0.05, 0.1) is 14.2 Å². The van der Waals surface area contributed by atoms with Gasteiger partial charge in [-0.15, -0.1) is 0 Å². The van der Waals surface area contributed by atoms with E-state index in [0.29, 0.717) is 5.75 Å². The normalized spacial score (nSPS) is 12.3. The summed E-state index contributed by atoms with van der Waals surface area (Å²) in [6, 6.07) is 2.68. The number of hydrogen-bond donors (Lipinski definition) is 2. The molecule has 0 fully saturated rings. The first kappa shape index (κ1) is 15.3. The van der Waals surface area contributed by atoms with Crippen molar-refractivity contribution in [3.63, 3.8) is 0 Å². The van der Waals surface area contributed by atoms with E-state index in [1.807, 2.05) is 19.9 Å². The highest BCUT2D eigenvalue weighted by molar-refractivity contribution is 5.74. The molecule has 1 aromatic rings. The summed E-state index contributed by atoms with van der Waals surface area (Å²) in [5, 5.41) is 8.90. The molecule has 0 radical (unpaired) electrons. The third-order valence-corrected chi connectivity index (χ3v) is 3.00. The summed E-state index contributed by atoms with van der Waals surface area (Å²) in [5.41, 5.74) is 7.29. The lowest BCUT2D eigenvalue weighted by atomic mass is 9.95. The van der Waals surface area contributed by atoms with Crippen LogP contribution in [0.25, 0.3) is 0 Å². The Balaban J connectivity index is 3.26. The molecule has 1 rings (SSSR count). The van der Waals surface area contributed by atoms with E-state index in [0.717, 1.165) is 16.9 Å². The van der Waals surface area contributed by atoms with Crippen LogP contribution in [0.2, 0.25) is 0 Å². The molecular formula is C14H21NO4. The largest absolute Gasteiger partial charge is 0.496 e. The lowest BCUT2D eigenvalue weighted by Gasteiger charge is -2.20. The van der Waals surface area contributed by atoms with Crippen molar-refractivity contribution in [3.05, 3.63) is 23.3 Å². The Morgan fingerprint density at radius 1 is 1.32 bits per heavy atom. The van der Waals surface area contributed by atoms with Gasteiger partial charge in [-0.25, -0.2) is 0 Å². The number of hydrogen-bond acceptors (Lipinski definition) is 4. The number of nitrogens with two attached hydrogens (primary N) is 1. The number of benzene rings is 1. The minimum atomic E-state index is -1.02. The molecule has 0 aromatic heterocycles. The predicted octanol–water partition coefficient (Wildman–Crippen LogP) is 1.78. The van der Waals surface area contributed by atoms with Crippen LogP contribution in [-0.2, 0) is 11.2 Å². The Bertz CT molecular complexity index is 457. The van der Waals surface area contributed by atoms with E-state index in [-0.39, 0.29) is 12.3 Å². The SMILES string of the molecule is COc1ccc(CC(N)C(=O)O)c(OC)c1C(C)C. The molecule has 19 heavy (non-hydrogen) atoms. The molecule has 0 aliphatic rings. The van der Waals surface area contributed by atoms with E-state index >= 15 is 0 Å². The maximum atomic E-state index is 10.9. The fourth-order valence-electron chi connectivity index (χ4n) is 2.08. The van der Waals surface area contributed by atoms with Gasteiger partial charge in [0.1, 0.15) is 17.5 Å². The molecule has 106 valence electrons. The lowest BCUT2D eigenvalue weighted by molar-refractivity contribution is -0.138. The number of carboxylic acid groups (broad SMARTS) is 1. The van der Waals surface area contributed by atoms with Crippen LogP contribution >= 0.6 is 0 Å². The topological polar surface area (TPSA) is 81.8 Å². The number of methoxy groups -OCH3 is 2. The molecule has 0 heterocycles. The fourth-order valence-corrected chi connectivity index (χ4v) is 2.08. The smallest absolute Gasteiger partial charge is 0.320 e. The second-order valence-corrected chi connectivity index (χ2v) is 4.68. The van der Waals surface area contributed by atoms with E-state index in [2.05, 4.69) is 0 Å². The molecule has 1 atom stereocenters. The predicted molar refractivity (Wildman–Crippen MR) is 73.0 cm³/mol. The van der Waals surface area contributed by atoms with Gasteiger partial charge in [-0.05, 0) is 17.5 Å². The van der Waals surface area contributed by atoms with Gasteiger partial charge in [0, 0.05) is 12.0 Å². The second kappa shape index (κ2) is 6.43. The Hall–Kier alpha value is -1.75. The van der Waals surface area contributed by atoms with Crippen LogP contribution in [0.3, 0.4) is 0 Å². The Morgan fingerprint density at radius 2 is 1.95 bits per heavy atom. The molecule has 0 aliphatic carbocycles. The number of carbonyl (C=O) groups is 1. The van der Waals surface area contributed by atoms with E-state index in [1.54, 1.807) is 20.3 Å². The molecular weight excluding hydrogens is 246 g/mol. The van der Waals surface area contributed by atoms with E-state index in [4.69, 9.17) is 20.3 Å². The van der Waals surface area contributed by atoms with Crippen molar-refractivity contribution < 1.29 is 19.4 Å². The van der Waals surface area contributed by atoms with Gasteiger partial charge in [-0.2, -0.15) is 0 Å². The zero-order valence-corrected chi connectivity index (χ0v) is 11.8. The monoisotopic (exact) mass is 267 g/mol. The van der Waals surface area contributed by atoms with Gasteiger partial charge in [0.25, 0.3) is 0 Å². The average Bonchev–Trinajstić information content (AvgIpc) is 2.37. The molecule has 5 nitrogen and oxygen atoms in total. The summed E-state index contributed by atoms with van der Waals surface area (Å²) < 4.78 is 10.8. The lowest BCUT2D eigenvalue weighted by Crippen LogP contribution is -2.32. The molecule has 0 saturated carbocycles. The Morgan fingerprint density at radius 3 is 2.37 bits per heavy atom. The van der Waals surface area contributed by atoms with Crippen molar-refractivity contribution >= 4 is 5.97 Å². The quantitative estimate of drug-likeness (QED) is 0.821. The van der Waals surface area contributed by atoms with Crippen LogP contribution in [0.15, 0.2) is 12.1 Å². The van der Waals surface area contributed by atoms with Gasteiger partial charge in [-0.3, -0.25) is 4.79 Å². The minimum absolute atomic E-state index is 0.200. The third kappa shape index (κ3) is 3.38. The third-order valence-electron chi connectivity index (χ3n) is 3.00. The summed E-state index contributed by atoms with van der Waals surface area (Å²) in [7, 11) is 3.17. The van der Waals surface area contributed by atoms with E-state index < -0.39 is 12.0 Å². The van der Waals surface area contributed by atoms with E-state index in [9.17, 15) is 4.79 Å². The van der Waals surface area contributed by atoms with Gasteiger partial charge < -0.3 is 20.3 Å². The summed E-state index contributed by atoms with van der Waals surface area (Å²) in [6.45, 7) is 4.06. The first-order valence-corrected chi connectivity index (χ1v) is 6.14. The Kier molecular flexibility index (Phi) is 5.18. The molecule has 0 aliphatic heterocycles. The molecule has 0 saturated heterocycles. The van der Waals surface area contributed by atoms with Crippen molar-refractivity contribution in [2.75, 3.05) is 14.2 Å². The highest BCUT2D eigenvalue weighted by atomic mass is 16.5. The van der Waals surface area contributed by atoms with Gasteiger partial charge >= 0.3 is 5.97 Å². The van der Waals surface area contributed by atoms with Crippen LogP contribution in [0, 0.1) is 0 Å². The zero-order chi connectivity index (χ0) is 14.6. The van der Waals surface area contributed by atoms with Crippen LogP contribution in [0.1, 0.15) is 30.9 Å². The standard InChI is InChI=1S/C14H21NO4/c1-8(2)12-11(18-3)6-5-9(13(12)19-4)7-10(15)14(16)17/h5-6,8,10H,7,15H2,1-4H3,(H,16,17). The fraction of sp³-hybridized carbons (Fsp3) is 0.500. The number of carboxylic acids is 1. The molecule has 1 aromatic carbocycles. The number of aliphatic carboxylic acids is 1. The second-order valence-electron chi connectivity index (χ2n) is 4.68. The maximum absolute atomic E-state index is 10.9. The van der Waals surface area contributed by atoms with Gasteiger partial charge in [-0.1, -0.05) is 19.9 Å². The summed E-state index contributed by atoms with van der Waals surface area (Å²) in [5.74, 6) is 0.570. The molecule has 0 bridgehead atoms. The molecule has 5 heteroatoms. The molecule has 3 N–H and O–H groups in total. The van der Waals surface area contributed by atoms with Gasteiger partial charge in [0.15, 0.2) is 0 Å². The zero-order valence-electron chi connectivity index (χ0n) is 11.8. The van der Waals surface area contributed by atoms with Crippen molar-refractivity contribution in [2.24, 2.45) is 5.73 Å². The maximum Gasteiger partial charge on any atom is 0.320 e. The first-order valence-electron chi connectivity index (χ1n) is 6.14. The molecule has 1 unspecified atom stereocenters. The van der Waals surface area contributed by atoms with E-state index in [1.165, 1.54) is 0 Å². The van der Waals surface area contributed by atoms with Crippen LogP contribution in [-0.4, -0.2) is 31.3 Å². The van der Waals surface area contributed by atoms with Crippen LogP contribution in [0.4, 0.5) is 0 Å². The van der Waals surface area contributed by atoms with Crippen LogP contribution in [0.5, 0.6) is 11.5 Å². The van der Waals surface area contributed by atoms with Crippen LogP contribution < -0.4 is 15.2 Å². The highest BCUT2D eigenvalue weighted by Crippen LogP contribution is 2.38. The first-order chi connectivity index (χ1) is 8.92. The van der Waals surface area contributed by atoms with Crippen molar-refractivity contribution in [1.29, 1.82) is 0 Å². The summed E-state index contributed by atoms with van der Waals surface area (Å²) in [4.78, 5) is 10.9. The van der Waals surface area contributed by atoms with Gasteiger partial charge in [0.2, 0.25) is 0 Å². The molecule has 0 spiro atoms. The van der Waals surface area contributed by atoms with Crippen molar-refractivity contribution in [1.82, 2.24) is 0 Å². The molecule has 0 amide bonds. The van der Waals surface area contributed by atoms with Crippen molar-refractivity contribution in [3.8, 4) is 11.5 Å². The summed E-state index contributed by atoms with van der Waals surface area (Å²) in [6.07, 6.45) is 0.224. The minimum Gasteiger partial charge on any atom is -0.496 e. The Labute approximate surface area is 113 Å². The van der Waals surface area contributed by atoms with Crippen molar-refractivity contribution in [2.45, 2.75) is 32.2 Å². The number of ether oxygens (including phenoxy) is 2. The highest BCUT2D eigenvalue weighted by Gasteiger charge is 2.21. The average molecular weight is 267 g/mol. The number of rotatable bonds is 6.